The maximum atomic E-state index is 11.8. The molecule has 0 radical (unpaired) electrons. The van der Waals surface area contributed by atoms with Crippen LogP contribution in [0, 0.1) is 0 Å². The van der Waals surface area contributed by atoms with Gasteiger partial charge in [0.2, 0.25) is 0 Å². The summed E-state index contributed by atoms with van der Waals surface area (Å²) in [5, 5.41) is 0. The van der Waals surface area contributed by atoms with Crippen LogP contribution >= 0.6 is 0 Å². The quantitative estimate of drug-likeness (QED) is 0.726. The average Bonchev–Trinajstić information content (AvgIpc) is 2.39. The van der Waals surface area contributed by atoms with Crippen LogP contribution < -0.4 is 4.74 Å². The van der Waals surface area contributed by atoms with Crippen molar-refractivity contribution in [3.05, 3.63) is 29.3 Å². The van der Waals surface area contributed by atoms with Crippen molar-refractivity contribution in [2.45, 2.75) is 32.6 Å². The van der Waals surface area contributed by atoms with Gasteiger partial charge in [-0.2, -0.15) is 0 Å². The highest BCUT2D eigenvalue weighted by Crippen LogP contribution is 2.25. The highest BCUT2D eigenvalue weighted by molar-refractivity contribution is 5.98. The lowest BCUT2D eigenvalue weighted by molar-refractivity contribution is 0.0967. The highest BCUT2D eigenvalue weighted by Gasteiger charge is 2.17. The van der Waals surface area contributed by atoms with E-state index in [0.717, 1.165) is 42.7 Å². The predicted molar refractivity (Wildman–Crippen MR) is 70.3 cm³/mol. The third-order valence-electron chi connectivity index (χ3n) is 3.08. The zero-order valence-electron chi connectivity index (χ0n) is 10.9. The smallest absolute Gasteiger partial charge is 0.163 e. The van der Waals surface area contributed by atoms with Crippen LogP contribution in [-0.4, -0.2) is 25.6 Å². The molecule has 0 bridgehead atoms. The van der Waals surface area contributed by atoms with Gasteiger partial charge in [-0.05, 0) is 37.0 Å². The number of Topliss-reactive ketones (excluding diaryl/α,β-unsaturated/α-hetero) is 1. The van der Waals surface area contributed by atoms with Crippen molar-refractivity contribution in [3.8, 4) is 5.75 Å². The Kier molecular flexibility index (Phi) is 4.76. The van der Waals surface area contributed by atoms with E-state index in [1.165, 1.54) is 0 Å². The van der Waals surface area contributed by atoms with Crippen LogP contribution in [0.15, 0.2) is 18.2 Å². The molecule has 0 spiro atoms. The van der Waals surface area contributed by atoms with E-state index in [2.05, 4.69) is 6.92 Å². The summed E-state index contributed by atoms with van der Waals surface area (Å²) in [6.07, 6.45) is 3.65. The molecular formula is C15H20O3. The lowest BCUT2D eigenvalue weighted by Crippen LogP contribution is -2.12. The second-order valence-electron chi connectivity index (χ2n) is 4.56. The molecule has 0 unspecified atom stereocenters. The molecule has 0 fully saturated rings. The Morgan fingerprint density at radius 2 is 2.06 bits per heavy atom. The first-order valence-electron chi connectivity index (χ1n) is 6.68. The highest BCUT2D eigenvalue weighted by atomic mass is 16.5. The van der Waals surface area contributed by atoms with Gasteiger partial charge in [-0.15, -0.1) is 0 Å². The van der Waals surface area contributed by atoms with Crippen LogP contribution in [0.25, 0.3) is 0 Å². The van der Waals surface area contributed by atoms with Gasteiger partial charge in [0, 0.05) is 18.6 Å². The van der Waals surface area contributed by atoms with Crippen molar-refractivity contribution < 1.29 is 14.3 Å². The maximum Gasteiger partial charge on any atom is 0.163 e. The molecule has 0 heterocycles. The zero-order valence-corrected chi connectivity index (χ0v) is 10.9. The lowest BCUT2D eigenvalue weighted by atomic mass is 9.90. The number of ether oxygens (including phenoxy) is 2. The monoisotopic (exact) mass is 248 g/mol. The Bertz CT molecular complexity index is 412. The summed E-state index contributed by atoms with van der Waals surface area (Å²) in [7, 11) is 0. The third kappa shape index (κ3) is 3.33. The van der Waals surface area contributed by atoms with Crippen molar-refractivity contribution in [1.82, 2.24) is 0 Å². The van der Waals surface area contributed by atoms with Crippen molar-refractivity contribution in [2.24, 2.45) is 0 Å². The summed E-state index contributed by atoms with van der Waals surface area (Å²) < 4.78 is 10.9. The fourth-order valence-electron chi connectivity index (χ4n) is 2.16. The van der Waals surface area contributed by atoms with Gasteiger partial charge >= 0.3 is 0 Å². The maximum absolute atomic E-state index is 11.8. The van der Waals surface area contributed by atoms with Gasteiger partial charge in [-0.3, -0.25) is 4.79 Å². The molecule has 1 aliphatic carbocycles. The summed E-state index contributed by atoms with van der Waals surface area (Å²) in [6.45, 7) is 3.98. The summed E-state index contributed by atoms with van der Waals surface area (Å²) in [6, 6.07) is 5.82. The van der Waals surface area contributed by atoms with Gasteiger partial charge < -0.3 is 9.47 Å². The van der Waals surface area contributed by atoms with Gasteiger partial charge in [0.15, 0.2) is 5.78 Å². The number of aryl methyl sites for hydroxylation is 1. The van der Waals surface area contributed by atoms with Crippen LogP contribution in [-0.2, 0) is 11.2 Å². The molecule has 3 heteroatoms. The number of carbonyl (C=O) groups is 1. The molecule has 1 aliphatic rings. The normalized spacial score (nSPS) is 14.4. The summed E-state index contributed by atoms with van der Waals surface area (Å²) in [5.41, 5.74) is 1.99. The van der Waals surface area contributed by atoms with E-state index in [-0.39, 0.29) is 5.78 Å². The first kappa shape index (κ1) is 13.1. The van der Waals surface area contributed by atoms with Crippen molar-refractivity contribution in [2.75, 3.05) is 19.8 Å². The minimum atomic E-state index is 0.240. The van der Waals surface area contributed by atoms with E-state index in [1.54, 1.807) is 0 Å². The van der Waals surface area contributed by atoms with E-state index < -0.39 is 0 Å². The zero-order chi connectivity index (χ0) is 12.8. The second-order valence-corrected chi connectivity index (χ2v) is 4.56. The minimum Gasteiger partial charge on any atom is -0.491 e. The van der Waals surface area contributed by atoms with Crippen molar-refractivity contribution >= 4 is 5.78 Å². The van der Waals surface area contributed by atoms with E-state index in [9.17, 15) is 4.79 Å². The largest absolute Gasteiger partial charge is 0.491 e. The number of benzene rings is 1. The van der Waals surface area contributed by atoms with Crippen LogP contribution in [0.1, 0.15) is 42.1 Å². The van der Waals surface area contributed by atoms with Gasteiger partial charge in [0.25, 0.3) is 0 Å². The van der Waals surface area contributed by atoms with Crippen LogP contribution in [0.2, 0.25) is 0 Å². The SMILES string of the molecule is CCCOCCOc1ccc2c(c1)C(=O)CCC2. The number of rotatable bonds is 6. The van der Waals surface area contributed by atoms with E-state index in [4.69, 9.17) is 9.47 Å². The molecule has 3 nitrogen and oxygen atoms in total. The molecule has 98 valence electrons. The molecule has 18 heavy (non-hydrogen) atoms. The summed E-state index contributed by atoms with van der Waals surface area (Å²) >= 11 is 0. The molecule has 0 aliphatic heterocycles. The van der Waals surface area contributed by atoms with Crippen LogP contribution in [0.5, 0.6) is 5.75 Å². The average molecular weight is 248 g/mol. The minimum absolute atomic E-state index is 0.240. The first-order valence-corrected chi connectivity index (χ1v) is 6.68. The molecule has 1 aromatic rings. The second kappa shape index (κ2) is 6.55. The van der Waals surface area contributed by atoms with Crippen LogP contribution in [0.4, 0.5) is 0 Å². The lowest BCUT2D eigenvalue weighted by Gasteiger charge is -2.15. The number of fused-ring (bicyclic) bond motifs is 1. The Balaban J connectivity index is 1.90. The molecule has 0 aromatic heterocycles. The molecule has 0 saturated carbocycles. The predicted octanol–water partition coefficient (Wildman–Crippen LogP) is 3.01. The molecule has 0 atom stereocenters. The first-order chi connectivity index (χ1) is 8.81. The Hall–Kier alpha value is -1.35. The topological polar surface area (TPSA) is 35.5 Å². The van der Waals surface area contributed by atoms with Gasteiger partial charge in [0.1, 0.15) is 12.4 Å². The van der Waals surface area contributed by atoms with Gasteiger partial charge in [0.05, 0.1) is 6.61 Å². The Morgan fingerprint density at radius 3 is 2.89 bits per heavy atom. The molecule has 2 rings (SSSR count). The third-order valence-corrected chi connectivity index (χ3v) is 3.08. The van der Waals surface area contributed by atoms with Gasteiger partial charge in [-0.25, -0.2) is 0 Å². The number of ketones is 1. The fourth-order valence-corrected chi connectivity index (χ4v) is 2.16. The van der Waals surface area contributed by atoms with E-state index in [1.807, 2.05) is 18.2 Å². The molecule has 0 saturated heterocycles. The van der Waals surface area contributed by atoms with E-state index >= 15 is 0 Å². The van der Waals surface area contributed by atoms with Crippen LogP contribution in [0.3, 0.4) is 0 Å². The standard InChI is InChI=1S/C15H20O3/c1-2-8-17-9-10-18-13-7-6-12-4-3-5-15(16)14(12)11-13/h6-7,11H,2-5,8-10H2,1H3. The van der Waals surface area contributed by atoms with Gasteiger partial charge in [-0.1, -0.05) is 13.0 Å². The number of hydrogen-bond acceptors (Lipinski definition) is 3. The Morgan fingerprint density at radius 1 is 1.17 bits per heavy atom. The number of carbonyl (C=O) groups excluding carboxylic acids is 1. The number of hydrogen-bond donors (Lipinski definition) is 0. The van der Waals surface area contributed by atoms with Crippen molar-refractivity contribution in [3.63, 3.8) is 0 Å². The fraction of sp³-hybridized carbons (Fsp3) is 0.533. The Labute approximate surface area is 108 Å². The molecular weight excluding hydrogens is 228 g/mol. The molecule has 0 N–H and O–H groups in total. The molecule has 1 aromatic carbocycles. The molecule has 0 amide bonds. The summed E-state index contributed by atoms with van der Waals surface area (Å²) in [4.78, 5) is 11.8. The van der Waals surface area contributed by atoms with E-state index in [0.29, 0.717) is 19.6 Å². The summed E-state index contributed by atoms with van der Waals surface area (Å²) in [5.74, 6) is 1.01. The van der Waals surface area contributed by atoms with Crippen molar-refractivity contribution in [1.29, 1.82) is 0 Å².